The van der Waals surface area contributed by atoms with E-state index in [0.717, 1.165) is 22.5 Å². The summed E-state index contributed by atoms with van der Waals surface area (Å²) < 4.78 is 1.05. The third kappa shape index (κ3) is 3.66. The van der Waals surface area contributed by atoms with E-state index in [-0.39, 0.29) is 12.6 Å². The van der Waals surface area contributed by atoms with E-state index in [4.69, 9.17) is 4.99 Å². The molecule has 1 atom stereocenters. The van der Waals surface area contributed by atoms with E-state index in [1.54, 1.807) is 11.3 Å². The monoisotopic (exact) mass is 454 g/mol. The number of hydrogen-bond acceptors (Lipinski definition) is 4. The Morgan fingerprint density at radius 2 is 1.89 bits per heavy atom. The summed E-state index contributed by atoms with van der Waals surface area (Å²) in [5.41, 5.74) is 4.62. The van der Waals surface area contributed by atoms with Gasteiger partial charge in [-0.05, 0) is 50.1 Å². The predicted molar refractivity (Wildman–Crippen MR) is 121 cm³/mol. The first-order valence-corrected chi connectivity index (χ1v) is 11.1. The molecule has 0 aliphatic carbocycles. The fraction of sp³-hybridized carbons (Fsp3) is 0.261. The summed E-state index contributed by atoms with van der Waals surface area (Å²) in [4.78, 5) is 10.0. The maximum Gasteiger partial charge on any atom is 0.138 e. The van der Waals surface area contributed by atoms with E-state index < -0.39 is 0 Å². The Balaban J connectivity index is 1.94. The summed E-state index contributed by atoms with van der Waals surface area (Å²) in [5.74, 6) is 0.999. The zero-order valence-corrected chi connectivity index (χ0v) is 18.4. The van der Waals surface area contributed by atoms with Crippen molar-refractivity contribution in [2.45, 2.75) is 26.3 Å². The molecule has 5 heteroatoms. The van der Waals surface area contributed by atoms with Gasteiger partial charge in [0.05, 0.1) is 11.7 Å². The molecule has 3 nitrogen and oxygen atoms in total. The summed E-state index contributed by atoms with van der Waals surface area (Å²) in [5, 5.41) is 9.54. The van der Waals surface area contributed by atoms with Gasteiger partial charge in [0.15, 0.2) is 0 Å². The smallest absolute Gasteiger partial charge is 0.138 e. The van der Waals surface area contributed by atoms with Crippen LogP contribution in [0.3, 0.4) is 0 Å². The highest BCUT2D eigenvalue weighted by atomic mass is 79.9. The average molecular weight is 455 g/mol. The second-order valence-electron chi connectivity index (χ2n) is 7.05. The van der Waals surface area contributed by atoms with Crippen molar-refractivity contribution < 1.29 is 5.11 Å². The number of aliphatic hydroxyl groups is 1. The summed E-state index contributed by atoms with van der Waals surface area (Å²) in [7, 11) is 0. The Labute approximate surface area is 178 Å². The van der Waals surface area contributed by atoms with Crippen LogP contribution in [-0.4, -0.2) is 29.0 Å². The molecule has 0 fully saturated rings. The molecule has 1 aliphatic heterocycles. The van der Waals surface area contributed by atoms with Crippen LogP contribution in [0.25, 0.3) is 0 Å². The van der Waals surface area contributed by atoms with Gasteiger partial charge in [-0.1, -0.05) is 46.3 Å². The van der Waals surface area contributed by atoms with E-state index in [1.807, 2.05) is 6.07 Å². The summed E-state index contributed by atoms with van der Waals surface area (Å²) in [6.45, 7) is 5.21. The molecule has 144 valence electrons. The molecule has 1 aliphatic rings. The Kier molecular flexibility index (Phi) is 5.67. The maximum atomic E-state index is 9.54. The first-order chi connectivity index (χ1) is 13.6. The van der Waals surface area contributed by atoms with Gasteiger partial charge in [-0.2, -0.15) is 0 Å². The molecule has 0 saturated heterocycles. The highest BCUT2D eigenvalue weighted by Crippen LogP contribution is 2.42. The lowest BCUT2D eigenvalue weighted by Crippen LogP contribution is -2.39. The van der Waals surface area contributed by atoms with Crippen molar-refractivity contribution in [1.29, 1.82) is 0 Å². The molecule has 2 aromatic carbocycles. The normalized spacial score (nSPS) is 16.1. The SMILES string of the molecule is Cc1cc(C2=Nc3ccc(Br)cc3C(c3ccccc3)N2CCCO)c(C)s1. The standard InChI is InChI=1S/C23H23BrN2OS/c1-15-13-19(16(2)28-15)23-25-21-10-9-18(24)14-20(21)22(26(23)11-6-12-27)17-7-4-3-5-8-17/h3-5,7-10,13-14,22,27H,6,11-12H2,1-2H3. The van der Waals surface area contributed by atoms with Crippen LogP contribution in [0.1, 0.15) is 38.9 Å². The molecule has 3 aromatic rings. The van der Waals surface area contributed by atoms with E-state index in [1.165, 1.54) is 26.4 Å². The lowest BCUT2D eigenvalue weighted by atomic mass is 9.92. The van der Waals surface area contributed by atoms with Crippen molar-refractivity contribution in [3.8, 4) is 0 Å². The molecular formula is C23H23BrN2OS. The number of rotatable bonds is 5. The third-order valence-electron chi connectivity index (χ3n) is 5.05. The molecular weight excluding hydrogens is 432 g/mol. The summed E-state index contributed by atoms with van der Waals surface area (Å²) >= 11 is 5.44. The van der Waals surface area contributed by atoms with Crippen LogP contribution in [0.2, 0.25) is 0 Å². The predicted octanol–water partition coefficient (Wildman–Crippen LogP) is 5.99. The molecule has 4 rings (SSSR count). The van der Waals surface area contributed by atoms with Gasteiger partial charge in [0.1, 0.15) is 5.84 Å². The molecule has 2 heterocycles. The number of benzene rings is 2. The lowest BCUT2D eigenvalue weighted by molar-refractivity contribution is 0.254. The fourth-order valence-electron chi connectivity index (χ4n) is 3.85. The van der Waals surface area contributed by atoms with Crippen LogP contribution in [-0.2, 0) is 0 Å². The number of aliphatic hydroxyl groups excluding tert-OH is 1. The second kappa shape index (κ2) is 8.19. The molecule has 0 amide bonds. The fourth-order valence-corrected chi connectivity index (χ4v) is 5.15. The highest BCUT2D eigenvalue weighted by Gasteiger charge is 2.32. The van der Waals surface area contributed by atoms with E-state index in [2.05, 4.69) is 83.2 Å². The van der Waals surface area contributed by atoms with Crippen molar-refractivity contribution in [2.24, 2.45) is 4.99 Å². The minimum Gasteiger partial charge on any atom is -0.396 e. The van der Waals surface area contributed by atoms with Gasteiger partial charge >= 0.3 is 0 Å². The maximum absolute atomic E-state index is 9.54. The number of nitrogens with zero attached hydrogens (tertiary/aromatic N) is 2. The quantitative estimate of drug-likeness (QED) is 0.513. The van der Waals surface area contributed by atoms with Gasteiger partial charge in [-0.15, -0.1) is 11.3 Å². The Bertz CT molecular complexity index is 1010. The largest absolute Gasteiger partial charge is 0.396 e. The Hall–Kier alpha value is -1.95. The van der Waals surface area contributed by atoms with Crippen molar-refractivity contribution in [1.82, 2.24) is 4.90 Å². The Morgan fingerprint density at radius 3 is 2.57 bits per heavy atom. The number of halogens is 1. The van der Waals surface area contributed by atoms with Gasteiger partial charge in [-0.3, -0.25) is 0 Å². The molecule has 28 heavy (non-hydrogen) atoms. The second-order valence-corrected chi connectivity index (χ2v) is 9.43. The lowest BCUT2D eigenvalue weighted by Gasteiger charge is -2.39. The van der Waals surface area contributed by atoms with E-state index in [0.29, 0.717) is 6.42 Å². The number of aryl methyl sites for hydroxylation is 2. The van der Waals surface area contributed by atoms with E-state index in [9.17, 15) is 5.11 Å². The van der Waals surface area contributed by atoms with Gasteiger partial charge in [0.25, 0.3) is 0 Å². The molecule has 1 unspecified atom stereocenters. The van der Waals surface area contributed by atoms with Crippen LogP contribution < -0.4 is 0 Å². The van der Waals surface area contributed by atoms with Crippen LogP contribution in [0.4, 0.5) is 5.69 Å². The van der Waals surface area contributed by atoms with Crippen LogP contribution >= 0.6 is 27.3 Å². The van der Waals surface area contributed by atoms with Crippen molar-refractivity contribution in [3.05, 3.63) is 85.5 Å². The number of hydrogen-bond donors (Lipinski definition) is 1. The third-order valence-corrected chi connectivity index (χ3v) is 6.51. The van der Waals surface area contributed by atoms with Crippen molar-refractivity contribution in [2.75, 3.05) is 13.2 Å². The van der Waals surface area contributed by atoms with Gasteiger partial charge < -0.3 is 10.0 Å². The summed E-state index contributed by atoms with van der Waals surface area (Å²) in [6, 6.07) is 19.2. The molecule has 0 spiro atoms. The number of aliphatic imine (C=N–C) groups is 1. The zero-order valence-electron chi connectivity index (χ0n) is 16.0. The van der Waals surface area contributed by atoms with E-state index >= 15 is 0 Å². The number of amidine groups is 1. The highest BCUT2D eigenvalue weighted by molar-refractivity contribution is 9.10. The van der Waals surface area contributed by atoms with Crippen molar-refractivity contribution >= 4 is 38.8 Å². The molecule has 0 saturated carbocycles. The number of fused-ring (bicyclic) bond motifs is 1. The minimum atomic E-state index is 0.0624. The van der Waals surface area contributed by atoms with Crippen LogP contribution in [0.15, 0.2) is 64.1 Å². The average Bonchev–Trinajstić information content (AvgIpc) is 3.03. The first-order valence-electron chi connectivity index (χ1n) is 9.46. The topological polar surface area (TPSA) is 35.8 Å². The zero-order chi connectivity index (χ0) is 19.7. The molecule has 0 bridgehead atoms. The minimum absolute atomic E-state index is 0.0624. The molecule has 1 N–H and O–H groups in total. The van der Waals surface area contributed by atoms with Crippen molar-refractivity contribution in [3.63, 3.8) is 0 Å². The summed E-state index contributed by atoms with van der Waals surface area (Å²) in [6.07, 6.45) is 0.702. The Morgan fingerprint density at radius 1 is 1.11 bits per heavy atom. The van der Waals surface area contributed by atoms with Gasteiger partial charge in [0.2, 0.25) is 0 Å². The van der Waals surface area contributed by atoms with Gasteiger partial charge in [0, 0.05) is 38.5 Å². The van der Waals surface area contributed by atoms with Gasteiger partial charge in [-0.25, -0.2) is 4.99 Å². The van der Waals surface area contributed by atoms with Crippen LogP contribution in [0, 0.1) is 13.8 Å². The molecule has 1 aromatic heterocycles. The van der Waals surface area contributed by atoms with Crippen LogP contribution in [0.5, 0.6) is 0 Å². The first kappa shape index (κ1) is 19.4. The molecule has 0 radical (unpaired) electrons. The number of thiophene rings is 1.